The molecule has 0 unspecified atom stereocenters. The second kappa shape index (κ2) is 1.73. The van der Waals surface area contributed by atoms with Crippen LogP contribution < -0.4 is 0 Å². The van der Waals surface area contributed by atoms with E-state index in [1.165, 1.54) is 6.42 Å². The molecule has 0 spiro atoms. The largest absolute Gasteiger partial charge is 0.785 e. The molecule has 0 aromatic rings. The first-order chi connectivity index (χ1) is 3.79. The highest BCUT2D eigenvalue weighted by Gasteiger charge is 2.03. The minimum atomic E-state index is 0.213. The summed E-state index contributed by atoms with van der Waals surface area (Å²) in [5, 5.41) is 8.73. The second-order valence-electron chi connectivity index (χ2n) is 1.59. The molecule has 0 N–H and O–H groups in total. The maximum Gasteiger partial charge on any atom is 0.138 e. The summed E-state index contributed by atoms with van der Waals surface area (Å²) >= 11 is 0. The van der Waals surface area contributed by atoms with Crippen LogP contribution in [0.2, 0.25) is 0 Å². The van der Waals surface area contributed by atoms with Gasteiger partial charge in [0.15, 0.2) is 0 Å². The molecule has 0 aliphatic heterocycles. The fourth-order valence-electron chi connectivity index (χ4n) is 0.525. The van der Waals surface area contributed by atoms with Crippen molar-refractivity contribution in [1.29, 1.82) is 0 Å². The van der Waals surface area contributed by atoms with Crippen LogP contribution in [-0.4, -0.2) is 5.71 Å². The summed E-state index contributed by atoms with van der Waals surface area (Å²) in [5.74, 6) is 0. The van der Waals surface area contributed by atoms with Crippen molar-refractivity contribution in [3.05, 3.63) is 42.6 Å². The van der Waals surface area contributed by atoms with Gasteiger partial charge in [-0.05, 0) is 13.0 Å². The summed E-state index contributed by atoms with van der Waals surface area (Å²) in [5.41, 5.74) is 0.801. The number of hydrogen-bond acceptors (Lipinski definition) is 0. The van der Waals surface area contributed by atoms with Crippen LogP contribution in [0.1, 0.15) is 0 Å². The van der Waals surface area contributed by atoms with Gasteiger partial charge in [0.25, 0.3) is 0 Å². The molecule has 0 radical (unpaired) electrons. The van der Waals surface area contributed by atoms with E-state index in [-0.39, 0.29) is 5.71 Å². The summed E-state index contributed by atoms with van der Waals surface area (Å²) in [4.78, 5) is 0. The maximum absolute atomic E-state index is 8.73. The van der Waals surface area contributed by atoms with Crippen LogP contribution in [0.5, 0.6) is 0 Å². The molecule has 38 valence electrons. The molecule has 0 amide bonds. The number of nitrogens with zero attached hydrogens (tertiary/aromatic N) is 1. The molecular weight excluding hydrogens is 98.1 g/mol. The Hall–Kier alpha value is -1.20. The number of allylic oxidation sites excluding steroid dienone is 3. The van der Waals surface area contributed by atoms with E-state index in [1.807, 2.05) is 0 Å². The van der Waals surface area contributed by atoms with Crippen LogP contribution in [0.25, 0.3) is 5.41 Å². The molecule has 0 saturated carbocycles. The third-order valence-electron chi connectivity index (χ3n) is 0.870. The topological polar surface area (TPSA) is 22.3 Å². The van der Waals surface area contributed by atoms with Crippen molar-refractivity contribution >= 4 is 5.71 Å². The van der Waals surface area contributed by atoms with Gasteiger partial charge in [0.05, 0.1) is 0 Å². The van der Waals surface area contributed by atoms with Crippen LogP contribution in [0.15, 0.2) is 17.7 Å². The first-order valence-corrected chi connectivity index (χ1v) is 2.33. The smallest absolute Gasteiger partial charge is 0.138 e. The Morgan fingerprint density at radius 1 is 1.75 bits per heavy atom. The summed E-state index contributed by atoms with van der Waals surface area (Å²) < 4.78 is 0. The second-order valence-corrected chi connectivity index (χ2v) is 1.59. The molecule has 1 rings (SSSR count). The van der Waals surface area contributed by atoms with Crippen LogP contribution in [0.3, 0.4) is 0 Å². The fraction of sp³-hybridized carbons (Fsp3) is 0. The van der Waals surface area contributed by atoms with Crippen molar-refractivity contribution in [3.63, 3.8) is 0 Å². The van der Waals surface area contributed by atoms with Gasteiger partial charge in [-0.15, -0.1) is 0 Å². The minimum Gasteiger partial charge on any atom is -0.785 e. The van der Waals surface area contributed by atoms with Gasteiger partial charge in [0.1, 0.15) is 5.57 Å². The average molecular weight is 103 g/mol. The molecule has 0 heterocycles. The molecule has 0 aromatic carbocycles. The standard InChI is InChI=1S/C7H5N/c1-6-3-2-4-7(8)5-6/h1-5H. The third-order valence-corrected chi connectivity index (χ3v) is 0.870. The quantitative estimate of drug-likeness (QED) is 0.413. The van der Waals surface area contributed by atoms with E-state index >= 15 is 0 Å². The Morgan fingerprint density at radius 3 is 2.88 bits per heavy atom. The normalized spacial score (nSPS) is 17.4. The molecule has 1 nitrogen and oxygen atoms in total. The monoisotopic (exact) mass is 103 g/mol. The Bertz CT molecular complexity index is 154. The van der Waals surface area contributed by atoms with Gasteiger partial charge in [-0.3, -0.25) is 0 Å². The van der Waals surface area contributed by atoms with E-state index in [4.69, 9.17) is 12.0 Å². The van der Waals surface area contributed by atoms with Crippen molar-refractivity contribution in [1.82, 2.24) is 0 Å². The summed E-state index contributed by atoms with van der Waals surface area (Å²) in [6.07, 6.45) is 6.50. The highest BCUT2D eigenvalue weighted by atomic mass is 14.4. The minimum absolute atomic E-state index is 0.213. The number of rotatable bonds is 0. The SMILES string of the molecule is [CH+]=C1C=C[CH+]C(=[N-])[CH-]1. The van der Waals surface area contributed by atoms with Gasteiger partial charge in [0, 0.05) is 18.6 Å². The molecular formula is C7H5N. The van der Waals surface area contributed by atoms with E-state index in [2.05, 4.69) is 0 Å². The molecule has 0 saturated heterocycles. The Labute approximate surface area is 49.2 Å². The fourth-order valence-corrected chi connectivity index (χ4v) is 0.525. The van der Waals surface area contributed by atoms with Gasteiger partial charge >= 0.3 is 0 Å². The van der Waals surface area contributed by atoms with Gasteiger partial charge in [-0.25, -0.2) is 0 Å². The lowest BCUT2D eigenvalue weighted by molar-refractivity contribution is 1.58. The molecule has 1 aliphatic carbocycles. The van der Waals surface area contributed by atoms with E-state index in [9.17, 15) is 0 Å². The number of hydrogen-bond donors (Lipinski definition) is 0. The van der Waals surface area contributed by atoms with Crippen LogP contribution >= 0.6 is 0 Å². The predicted octanol–water partition coefficient (Wildman–Crippen LogP) is 1.33. The Balaban J connectivity index is 2.68. The Kier molecular flexibility index (Phi) is 1.07. The van der Waals surface area contributed by atoms with Gasteiger partial charge < -0.3 is 5.41 Å². The molecule has 0 bridgehead atoms. The zero-order chi connectivity index (χ0) is 5.98. The molecule has 0 aromatic heterocycles. The van der Waals surface area contributed by atoms with E-state index < -0.39 is 0 Å². The van der Waals surface area contributed by atoms with E-state index in [1.54, 1.807) is 18.6 Å². The lowest BCUT2D eigenvalue weighted by Crippen LogP contribution is -2.00. The average Bonchev–Trinajstić information content (AvgIpc) is 1.64. The molecule has 8 heavy (non-hydrogen) atoms. The molecule has 0 fully saturated rings. The first-order valence-electron chi connectivity index (χ1n) is 2.33. The van der Waals surface area contributed by atoms with E-state index in [0.29, 0.717) is 5.57 Å². The van der Waals surface area contributed by atoms with Crippen molar-refractivity contribution < 1.29 is 0 Å². The van der Waals surface area contributed by atoms with Crippen LogP contribution in [-0.2, 0) is 0 Å². The molecule has 1 aliphatic rings. The van der Waals surface area contributed by atoms with E-state index in [0.717, 1.165) is 0 Å². The summed E-state index contributed by atoms with van der Waals surface area (Å²) in [6, 6.07) is 0. The lowest BCUT2D eigenvalue weighted by atomic mass is 10.0. The first kappa shape index (κ1) is 4.95. The highest BCUT2D eigenvalue weighted by molar-refractivity contribution is 6.07. The van der Waals surface area contributed by atoms with Gasteiger partial charge in [-0.2, -0.15) is 0 Å². The molecule has 1 heteroatoms. The zero-order valence-corrected chi connectivity index (χ0v) is 4.33. The van der Waals surface area contributed by atoms with Crippen molar-refractivity contribution in [3.8, 4) is 0 Å². The van der Waals surface area contributed by atoms with Crippen molar-refractivity contribution in [2.45, 2.75) is 0 Å². The van der Waals surface area contributed by atoms with Crippen LogP contribution in [0.4, 0.5) is 0 Å². The zero-order valence-electron chi connectivity index (χ0n) is 4.33. The van der Waals surface area contributed by atoms with Crippen molar-refractivity contribution in [2.75, 3.05) is 0 Å². The van der Waals surface area contributed by atoms with Crippen LogP contribution in [0, 0.1) is 19.4 Å². The lowest BCUT2D eigenvalue weighted by Gasteiger charge is -2.04. The predicted molar refractivity (Wildman–Crippen MR) is 33.9 cm³/mol. The summed E-state index contributed by atoms with van der Waals surface area (Å²) in [6.45, 7) is 5.30. The summed E-state index contributed by atoms with van der Waals surface area (Å²) in [7, 11) is 0. The third kappa shape index (κ3) is 0.895. The van der Waals surface area contributed by atoms with Gasteiger partial charge in [-0.1, -0.05) is 5.71 Å². The maximum atomic E-state index is 8.73. The van der Waals surface area contributed by atoms with Crippen molar-refractivity contribution in [2.24, 2.45) is 0 Å². The highest BCUT2D eigenvalue weighted by Crippen LogP contribution is 2.07. The van der Waals surface area contributed by atoms with Gasteiger partial charge in [0.2, 0.25) is 0 Å². The Morgan fingerprint density at radius 2 is 2.50 bits per heavy atom. The molecule has 0 atom stereocenters.